The molecule has 84 valence electrons. The molecule has 0 spiro atoms. The highest BCUT2D eigenvalue weighted by atomic mass is 16.5. The van der Waals surface area contributed by atoms with Crippen molar-refractivity contribution in [3.63, 3.8) is 0 Å². The minimum absolute atomic E-state index is 0.315. The van der Waals surface area contributed by atoms with Gasteiger partial charge in [0.15, 0.2) is 0 Å². The van der Waals surface area contributed by atoms with E-state index in [2.05, 4.69) is 11.8 Å². The Labute approximate surface area is 90.0 Å². The molecule has 0 radical (unpaired) electrons. The van der Waals surface area contributed by atoms with Crippen LogP contribution in [0.4, 0.5) is 0 Å². The molecule has 15 heavy (non-hydrogen) atoms. The Balaban J connectivity index is 1.96. The Bertz CT molecular complexity index is 311. The lowest BCUT2D eigenvalue weighted by molar-refractivity contribution is -0.0231. The molecule has 1 atom stereocenters. The van der Waals surface area contributed by atoms with Gasteiger partial charge in [-0.1, -0.05) is 0 Å². The maximum absolute atomic E-state index is 5.62. The first-order valence-electron chi connectivity index (χ1n) is 5.39. The zero-order chi connectivity index (χ0) is 10.7. The van der Waals surface area contributed by atoms with E-state index in [4.69, 9.17) is 14.9 Å². The predicted molar refractivity (Wildman–Crippen MR) is 57.3 cm³/mol. The van der Waals surface area contributed by atoms with Gasteiger partial charge in [0, 0.05) is 25.2 Å². The van der Waals surface area contributed by atoms with Gasteiger partial charge in [0.25, 0.3) is 0 Å². The van der Waals surface area contributed by atoms with E-state index in [0.717, 1.165) is 37.6 Å². The van der Waals surface area contributed by atoms with Crippen molar-refractivity contribution in [2.45, 2.75) is 26.1 Å². The minimum atomic E-state index is 0.315. The summed E-state index contributed by atoms with van der Waals surface area (Å²) in [4.78, 5) is 2.34. The molecule has 2 rings (SSSR count). The Morgan fingerprint density at radius 1 is 1.60 bits per heavy atom. The summed E-state index contributed by atoms with van der Waals surface area (Å²) in [6, 6.07) is 1.94. The highest BCUT2D eigenvalue weighted by molar-refractivity contribution is 5.16. The standard InChI is InChI=1S/C11H18N2O2/c1-9-7-13(3-5-14-9)8-11-10(6-12)2-4-15-11/h2,4,9H,3,5-8,12H2,1H3. The summed E-state index contributed by atoms with van der Waals surface area (Å²) in [7, 11) is 0. The van der Waals surface area contributed by atoms with Gasteiger partial charge in [-0.2, -0.15) is 0 Å². The molecule has 0 amide bonds. The maximum Gasteiger partial charge on any atom is 0.122 e. The summed E-state index contributed by atoms with van der Waals surface area (Å²) in [6.07, 6.45) is 2.02. The first-order chi connectivity index (χ1) is 7.29. The van der Waals surface area contributed by atoms with Crippen LogP contribution in [-0.2, 0) is 17.8 Å². The Kier molecular flexibility index (Phi) is 3.41. The zero-order valence-corrected chi connectivity index (χ0v) is 9.11. The van der Waals surface area contributed by atoms with Crippen LogP contribution in [0.5, 0.6) is 0 Å². The summed E-state index contributed by atoms with van der Waals surface area (Å²) < 4.78 is 10.9. The zero-order valence-electron chi connectivity index (χ0n) is 9.11. The molecule has 0 saturated carbocycles. The van der Waals surface area contributed by atoms with Gasteiger partial charge in [0.2, 0.25) is 0 Å². The van der Waals surface area contributed by atoms with Crippen LogP contribution >= 0.6 is 0 Å². The van der Waals surface area contributed by atoms with E-state index in [9.17, 15) is 0 Å². The molecular formula is C11H18N2O2. The van der Waals surface area contributed by atoms with Gasteiger partial charge in [-0.05, 0) is 13.0 Å². The van der Waals surface area contributed by atoms with Crippen molar-refractivity contribution in [1.82, 2.24) is 4.90 Å². The third-order valence-corrected chi connectivity index (χ3v) is 2.75. The number of hydrogen-bond acceptors (Lipinski definition) is 4. The predicted octanol–water partition coefficient (Wildman–Crippen LogP) is 0.959. The molecule has 0 aliphatic carbocycles. The molecule has 0 bridgehead atoms. The Morgan fingerprint density at radius 2 is 2.47 bits per heavy atom. The fourth-order valence-corrected chi connectivity index (χ4v) is 1.92. The molecule has 1 fully saturated rings. The summed E-state index contributed by atoms with van der Waals surface area (Å²) in [5, 5.41) is 0. The van der Waals surface area contributed by atoms with Gasteiger partial charge < -0.3 is 14.9 Å². The van der Waals surface area contributed by atoms with Crippen LogP contribution < -0.4 is 5.73 Å². The fourth-order valence-electron chi connectivity index (χ4n) is 1.92. The van der Waals surface area contributed by atoms with Crippen LogP contribution in [0, 0.1) is 0 Å². The van der Waals surface area contributed by atoms with Crippen molar-refractivity contribution in [2.75, 3.05) is 19.7 Å². The SMILES string of the molecule is CC1CN(Cc2occc2CN)CCO1. The molecule has 1 unspecified atom stereocenters. The molecule has 1 aromatic heterocycles. The molecule has 4 heteroatoms. The molecule has 0 aromatic carbocycles. The van der Waals surface area contributed by atoms with Crippen molar-refractivity contribution in [2.24, 2.45) is 5.73 Å². The van der Waals surface area contributed by atoms with Crippen LogP contribution in [0.3, 0.4) is 0 Å². The summed E-state index contributed by atoms with van der Waals surface area (Å²) in [5.41, 5.74) is 6.73. The summed E-state index contributed by atoms with van der Waals surface area (Å²) >= 11 is 0. The van der Waals surface area contributed by atoms with Crippen LogP contribution in [0.15, 0.2) is 16.7 Å². The van der Waals surface area contributed by atoms with Crippen molar-refractivity contribution in [3.8, 4) is 0 Å². The normalized spacial score (nSPS) is 23.2. The van der Waals surface area contributed by atoms with Crippen molar-refractivity contribution in [1.29, 1.82) is 0 Å². The summed E-state index contributed by atoms with van der Waals surface area (Å²) in [5.74, 6) is 0.992. The van der Waals surface area contributed by atoms with Crippen molar-refractivity contribution in [3.05, 3.63) is 23.7 Å². The molecule has 2 heterocycles. The highest BCUT2D eigenvalue weighted by Crippen LogP contribution is 2.14. The topological polar surface area (TPSA) is 51.6 Å². The van der Waals surface area contributed by atoms with Crippen LogP contribution in [-0.4, -0.2) is 30.7 Å². The van der Waals surface area contributed by atoms with Crippen molar-refractivity contribution >= 4 is 0 Å². The van der Waals surface area contributed by atoms with E-state index in [1.165, 1.54) is 0 Å². The minimum Gasteiger partial charge on any atom is -0.468 e. The lowest BCUT2D eigenvalue weighted by Gasteiger charge is -2.30. The average Bonchev–Trinajstić information content (AvgIpc) is 2.65. The van der Waals surface area contributed by atoms with E-state index in [0.29, 0.717) is 12.6 Å². The third kappa shape index (κ3) is 2.59. The lowest BCUT2D eigenvalue weighted by Crippen LogP contribution is -2.40. The van der Waals surface area contributed by atoms with Gasteiger partial charge in [0.1, 0.15) is 5.76 Å². The van der Waals surface area contributed by atoms with E-state index >= 15 is 0 Å². The number of rotatable bonds is 3. The number of furan rings is 1. The number of nitrogens with two attached hydrogens (primary N) is 1. The second-order valence-electron chi connectivity index (χ2n) is 3.99. The van der Waals surface area contributed by atoms with E-state index in [1.54, 1.807) is 6.26 Å². The largest absolute Gasteiger partial charge is 0.468 e. The molecule has 2 N–H and O–H groups in total. The maximum atomic E-state index is 5.62. The molecule has 1 aliphatic heterocycles. The number of ether oxygens (including phenoxy) is 1. The van der Waals surface area contributed by atoms with E-state index < -0.39 is 0 Å². The van der Waals surface area contributed by atoms with Crippen LogP contribution in [0.1, 0.15) is 18.2 Å². The smallest absolute Gasteiger partial charge is 0.122 e. The van der Waals surface area contributed by atoms with Crippen LogP contribution in [0.2, 0.25) is 0 Å². The van der Waals surface area contributed by atoms with Crippen molar-refractivity contribution < 1.29 is 9.15 Å². The molecule has 1 saturated heterocycles. The second-order valence-corrected chi connectivity index (χ2v) is 3.99. The number of hydrogen-bond donors (Lipinski definition) is 1. The molecule has 1 aliphatic rings. The number of nitrogens with zero attached hydrogens (tertiary/aromatic N) is 1. The van der Waals surface area contributed by atoms with Crippen LogP contribution in [0.25, 0.3) is 0 Å². The van der Waals surface area contributed by atoms with E-state index in [-0.39, 0.29) is 0 Å². The average molecular weight is 210 g/mol. The Hall–Kier alpha value is -0.840. The number of morpholine rings is 1. The first kappa shape index (κ1) is 10.7. The molecule has 4 nitrogen and oxygen atoms in total. The highest BCUT2D eigenvalue weighted by Gasteiger charge is 2.18. The quantitative estimate of drug-likeness (QED) is 0.807. The monoisotopic (exact) mass is 210 g/mol. The summed E-state index contributed by atoms with van der Waals surface area (Å²) in [6.45, 7) is 6.22. The second kappa shape index (κ2) is 4.79. The van der Waals surface area contributed by atoms with Gasteiger partial charge >= 0.3 is 0 Å². The van der Waals surface area contributed by atoms with Gasteiger partial charge in [-0.25, -0.2) is 0 Å². The van der Waals surface area contributed by atoms with Gasteiger partial charge in [-0.15, -0.1) is 0 Å². The molecular weight excluding hydrogens is 192 g/mol. The third-order valence-electron chi connectivity index (χ3n) is 2.75. The fraction of sp³-hybridized carbons (Fsp3) is 0.636. The Morgan fingerprint density at radius 3 is 3.20 bits per heavy atom. The molecule has 1 aromatic rings. The van der Waals surface area contributed by atoms with E-state index in [1.807, 2.05) is 6.07 Å². The van der Waals surface area contributed by atoms with Gasteiger partial charge in [-0.3, -0.25) is 4.90 Å². The first-order valence-corrected chi connectivity index (χ1v) is 5.39. The van der Waals surface area contributed by atoms with Gasteiger partial charge in [0.05, 0.1) is 25.5 Å². The lowest BCUT2D eigenvalue weighted by atomic mass is 10.2.